The van der Waals surface area contributed by atoms with Crippen molar-refractivity contribution in [2.75, 3.05) is 39.6 Å². The van der Waals surface area contributed by atoms with E-state index in [4.69, 9.17) is 24.5 Å². The predicted octanol–water partition coefficient (Wildman–Crippen LogP) is 1.09. The average Bonchev–Trinajstić information content (AvgIpc) is 2.67. The van der Waals surface area contributed by atoms with Crippen LogP contribution in [0.3, 0.4) is 0 Å². The number of azide groups is 1. The third kappa shape index (κ3) is 10.8. The molecule has 1 aliphatic heterocycles. The molecule has 0 aromatic heterocycles. The molecule has 1 fully saturated rings. The fourth-order valence-corrected chi connectivity index (χ4v) is 2.97. The van der Waals surface area contributed by atoms with E-state index in [1.807, 2.05) is 0 Å². The van der Waals surface area contributed by atoms with E-state index >= 15 is 0 Å². The molecule has 0 aromatic rings. The van der Waals surface area contributed by atoms with Crippen LogP contribution in [-0.2, 0) is 33.3 Å². The molecule has 12 nitrogen and oxygen atoms in total. The first-order chi connectivity index (χ1) is 15.0. The third-order valence-electron chi connectivity index (χ3n) is 4.48. The third-order valence-corrected chi connectivity index (χ3v) is 4.48. The van der Waals surface area contributed by atoms with Crippen molar-refractivity contribution in [3.05, 3.63) is 10.4 Å². The summed E-state index contributed by atoms with van der Waals surface area (Å²) >= 11 is 0. The fraction of sp³-hybridized carbons (Fsp3) is 0.850. The van der Waals surface area contributed by atoms with Crippen LogP contribution in [0.1, 0.15) is 41.0 Å². The van der Waals surface area contributed by atoms with E-state index in [0.29, 0.717) is 13.2 Å². The number of esters is 1. The Hall–Kier alpha value is -2.40. The Balaban J connectivity index is 3.08. The molecule has 0 bridgehead atoms. The number of rotatable bonds is 2. The topological polar surface area (TPSA) is 161 Å². The van der Waals surface area contributed by atoms with Gasteiger partial charge in [0.25, 0.3) is 0 Å². The smallest absolute Gasteiger partial charge is 0.312 e. The Morgan fingerprint density at radius 1 is 1.06 bits per heavy atom. The minimum Gasteiger partial charge on any atom is -0.460 e. The highest BCUT2D eigenvalue weighted by Crippen LogP contribution is 2.20. The molecule has 0 saturated carbocycles. The van der Waals surface area contributed by atoms with Crippen molar-refractivity contribution in [1.82, 2.24) is 10.6 Å². The van der Waals surface area contributed by atoms with Crippen LogP contribution in [0.15, 0.2) is 5.11 Å². The van der Waals surface area contributed by atoms with Gasteiger partial charge in [0.15, 0.2) is 0 Å². The second-order valence-corrected chi connectivity index (χ2v) is 8.47. The molecule has 0 radical (unpaired) electrons. The number of nitrogens with one attached hydrogen (secondary N) is 2. The van der Waals surface area contributed by atoms with Gasteiger partial charge in [0, 0.05) is 17.4 Å². The van der Waals surface area contributed by atoms with Crippen LogP contribution in [0, 0.1) is 5.92 Å². The van der Waals surface area contributed by atoms with Crippen LogP contribution >= 0.6 is 0 Å². The minimum absolute atomic E-state index is 0.0691. The van der Waals surface area contributed by atoms with Gasteiger partial charge in [-0.05, 0) is 40.1 Å². The van der Waals surface area contributed by atoms with Crippen LogP contribution < -0.4 is 10.6 Å². The average molecular weight is 458 g/mol. The molecule has 1 saturated heterocycles. The van der Waals surface area contributed by atoms with Crippen LogP contribution in [0.25, 0.3) is 10.4 Å². The number of carbonyl (C=O) groups excluding carboxylic acids is 3. The monoisotopic (exact) mass is 457 g/mol. The highest BCUT2D eigenvalue weighted by molar-refractivity contribution is 5.88. The van der Waals surface area contributed by atoms with Crippen LogP contribution in [0.2, 0.25) is 0 Å². The molecule has 4 unspecified atom stereocenters. The van der Waals surface area contributed by atoms with Gasteiger partial charge in [0.05, 0.1) is 51.6 Å². The van der Waals surface area contributed by atoms with Gasteiger partial charge in [0.2, 0.25) is 11.8 Å². The Morgan fingerprint density at radius 3 is 2.25 bits per heavy atom. The first-order valence-electron chi connectivity index (χ1n) is 10.6. The van der Waals surface area contributed by atoms with Crippen molar-refractivity contribution in [2.24, 2.45) is 11.0 Å². The molecule has 0 aliphatic carbocycles. The molecule has 0 aromatic carbocycles. The number of hydrogen-bond acceptors (Lipinski definition) is 8. The van der Waals surface area contributed by atoms with Gasteiger partial charge in [0.1, 0.15) is 11.6 Å². The van der Waals surface area contributed by atoms with E-state index in [9.17, 15) is 14.4 Å². The summed E-state index contributed by atoms with van der Waals surface area (Å²) < 4.78 is 21.8. The highest BCUT2D eigenvalue weighted by atomic mass is 16.6. The van der Waals surface area contributed by atoms with E-state index in [0.717, 1.165) is 0 Å². The second kappa shape index (κ2) is 13.9. The summed E-state index contributed by atoms with van der Waals surface area (Å²) in [6, 6.07) is -2.55. The molecule has 1 aliphatic rings. The Kier molecular flexibility index (Phi) is 12.0. The largest absolute Gasteiger partial charge is 0.460 e. The molecule has 182 valence electrons. The van der Waals surface area contributed by atoms with Crippen molar-refractivity contribution in [2.45, 2.75) is 64.8 Å². The van der Waals surface area contributed by atoms with E-state index in [1.165, 1.54) is 6.92 Å². The van der Waals surface area contributed by atoms with Gasteiger partial charge in [-0.3, -0.25) is 14.4 Å². The number of ether oxygens (including phenoxy) is 4. The number of hydrogen-bond donors (Lipinski definition) is 2. The van der Waals surface area contributed by atoms with Gasteiger partial charge >= 0.3 is 5.97 Å². The maximum absolute atomic E-state index is 13.0. The van der Waals surface area contributed by atoms with Gasteiger partial charge in [-0.25, -0.2) is 0 Å². The molecule has 12 heteroatoms. The van der Waals surface area contributed by atoms with Gasteiger partial charge in [-0.1, -0.05) is 5.11 Å². The van der Waals surface area contributed by atoms with Gasteiger partial charge in [-0.2, -0.15) is 0 Å². The fourth-order valence-electron chi connectivity index (χ4n) is 2.97. The lowest BCUT2D eigenvalue weighted by atomic mass is 9.92. The van der Waals surface area contributed by atoms with Gasteiger partial charge < -0.3 is 29.6 Å². The quantitative estimate of drug-likeness (QED) is 0.271. The molecule has 2 amide bonds. The zero-order valence-corrected chi connectivity index (χ0v) is 19.5. The molecule has 1 heterocycles. The Labute approximate surface area is 188 Å². The Morgan fingerprint density at radius 2 is 1.66 bits per heavy atom. The lowest BCUT2D eigenvalue weighted by molar-refractivity contribution is -0.162. The molecular formula is C20H35N5O7. The summed E-state index contributed by atoms with van der Waals surface area (Å²) in [5.74, 6) is -2.47. The molecule has 1 rings (SSSR count). The Bertz CT molecular complexity index is 676. The van der Waals surface area contributed by atoms with Crippen LogP contribution in [0.4, 0.5) is 0 Å². The lowest BCUT2D eigenvalue weighted by Gasteiger charge is -2.31. The first kappa shape index (κ1) is 27.6. The maximum Gasteiger partial charge on any atom is 0.312 e. The molecule has 4 atom stereocenters. The summed E-state index contributed by atoms with van der Waals surface area (Å²) in [4.78, 5) is 40.4. The SMILES string of the molecule is CC1NC(=O)CCOCCOCCOCC(N=[N+]=[N-])C(C(=O)OC(C)(C)C)C(C)NC1=O. The highest BCUT2D eigenvalue weighted by Gasteiger charge is 2.37. The number of amides is 2. The van der Waals surface area contributed by atoms with Crippen molar-refractivity contribution in [1.29, 1.82) is 0 Å². The standard InChI is InChI=1S/C20H35N5O7/c1-13-17(19(28)32-20(3,4)5)15(24-25-21)12-31-11-10-30-9-8-29-7-6-16(26)22-14(2)18(27)23-13/h13-15,17H,6-12H2,1-5H3,(H,22,26)(H,23,27). The molecular weight excluding hydrogens is 422 g/mol. The van der Waals surface area contributed by atoms with Crippen LogP contribution in [0.5, 0.6) is 0 Å². The summed E-state index contributed by atoms with van der Waals surface area (Å²) in [6.07, 6.45) is 0.0930. The van der Waals surface area contributed by atoms with E-state index < -0.39 is 41.5 Å². The second-order valence-electron chi connectivity index (χ2n) is 8.47. The minimum atomic E-state index is -1.01. The molecule has 2 N–H and O–H groups in total. The molecule has 32 heavy (non-hydrogen) atoms. The summed E-state index contributed by atoms with van der Waals surface area (Å²) in [5.41, 5.74) is 8.25. The zero-order chi connectivity index (χ0) is 24.1. The molecule has 0 spiro atoms. The van der Waals surface area contributed by atoms with Crippen molar-refractivity contribution in [3.8, 4) is 0 Å². The number of carbonyl (C=O) groups is 3. The normalized spacial score (nSPS) is 27.7. The van der Waals surface area contributed by atoms with Crippen LogP contribution in [-0.4, -0.2) is 81.2 Å². The van der Waals surface area contributed by atoms with E-state index in [1.54, 1.807) is 27.7 Å². The summed E-state index contributed by atoms with van der Waals surface area (Å²) in [5, 5.41) is 9.02. The van der Waals surface area contributed by atoms with Crippen molar-refractivity contribution >= 4 is 17.8 Å². The van der Waals surface area contributed by atoms with Crippen molar-refractivity contribution < 1.29 is 33.3 Å². The summed E-state index contributed by atoms with van der Waals surface area (Å²) in [6.45, 7) is 9.52. The zero-order valence-electron chi connectivity index (χ0n) is 19.5. The van der Waals surface area contributed by atoms with Crippen molar-refractivity contribution in [3.63, 3.8) is 0 Å². The maximum atomic E-state index is 13.0. The van der Waals surface area contributed by atoms with E-state index in [-0.39, 0.29) is 38.8 Å². The predicted molar refractivity (Wildman–Crippen MR) is 115 cm³/mol. The first-order valence-corrected chi connectivity index (χ1v) is 10.6. The summed E-state index contributed by atoms with van der Waals surface area (Å²) in [7, 11) is 0. The van der Waals surface area contributed by atoms with Gasteiger partial charge in [-0.15, -0.1) is 0 Å². The number of nitrogens with zero attached hydrogens (tertiary/aromatic N) is 3. The van der Waals surface area contributed by atoms with E-state index in [2.05, 4.69) is 20.7 Å². The lowest BCUT2D eigenvalue weighted by Crippen LogP contribution is -2.53.